The Morgan fingerprint density at radius 2 is 0.786 bits per heavy atom. The number of hydrogen-bond acceptors (Lipinski definition) is 0. The molecule has 0 heterocycles. The molecule has 2 aromatic carbocycles. The fourth-order valence-corrected chi connectivity index (χ4v) is 6.15. The van der Waals surface area contributed by atoms with E-state index in [9.17, 15) is 0 Å². The van der Waals surface area contributed by atoms with Crippen molar-refractivity contribution in [2.45, 2.75) is 53.1 Å². The lowest BCUT2D eigenvalue weighted by Crippen LogP contribution is -2.25. The predicted octanol–water partition coefficient (Wildman–Crippen LogP) is 9.05. The maximum Gasteiger partial charge on any atom is 0.0863 e. The van der Waals surface area contributed by atoms with Gasteiger partial charge in [-0.1, -0.05) is 144 Å². The van der Waals surface area contributed by atoms with E-state index in [-0.39, 0.29) is 0 Å². The highest BCUT2D eigenvalue weighted by atomic mass is 127. The van der Waals surface area contributed by atoms with E-state index in [1.54, 1.807) is 6.41 Å². The van der Waals surface area contributed by atoms with Crippen LogP contribution in [-0.4, -0.2) is 16.1 Å². The molecule has 0 bridgehead atoms. The molecule has 0 saturated carbocycles. The number of benzene rings is 2. The molecular formula is C24H32I2Si2. The van der Waals surface area contributed by atoms with Gasteiger partial charge in [-0.3, -0.25) is 0 Å². The van der Waals surface area contributed by atoms with Gasteiger partial charge in [0.05, 0.1) is 16.1 Å². The van der Waals surface area contributed by atoms with Gasteiger partial charge < -0.3 is 0 Å². The minimum atomic E-state index is -1.49. The lowest BCUT2D eigenvalue weighted by atomic mass is 9.94. The van der Waals surface area contributed by atoms with Gasteiger partial charge in [-0.25, -0.2) is 0 Å². The SMILES string of the molecule is Cc1ccc(C(/C(=C(\I)[Si](C)(C)C)c2ccc(C)cc2)=C(/I)[Si](C)(C)C)cc1. The standard InChI is InChI=1S/C24H32I2Si2/c1-17-9-13-19(14-10-17)21(23(25)27(3,4)5)22(24(26)28(6,7)8)20-15-11-18(2)12-16-20/h9-16H,1-8H3/b23-21+,24-22+. The van der Waals surface area contributed by atoms with Crippen molar-refractivity contribution in [1.82, 2.24) is 0 Å². The van der Waals surface area contributed by atoms with Crippen LogP contribution in [0.5, 0.6) is 0 Å². The Bertz CT molecular complexity index is 814. The average Bonchev–Trinajstić information content (AvgIpc) is 2.59. The molecule has 0 N–H and O–H groups in total. The van der Waals surface area contributed by atoms with Gasteiger partial charge in [0, 0.05) is 0 Å². The average molecular weight is 631 g/mol. The summed E-state index contributed by atoms with van der Waals surface area (Å²) in [5.74, 6) is 0. The highest BCUT2D eigenvalue weighted by Gasteiger charge is 2.29. The Morgan fingerprint density at radius 1 is 0.536 bits per heavy atom. The summed E-state index contributed by atoms with van der Waals surface area (Å²) in [6, 6.07) is 18.2. The van der Waals surface area contributed by atoms with Crippen molar-refractivity contribution < 1.29 is 0 Å². The van der Waals surface area contributed by atoms with Crippen molar-refractivity contribution in [3.63, 3.8) is 0 Å². The summed E-state index contributed by atoms with van der Waals surface area (Å²) in [6.45, 7) is 19.1. The van der Waals surface area contributed by atoms with E-state index < -0.39 is 16.1 Å². The Kier molecular flexibility index (Phi) is 8.01. The first-order valence-corrected chi connectivity index (χ1v) is 18.9. The van der Waals surface area contributed by atoms with Gasteiger partial charge in [0.15, 0.2) is 0 Å². The highest BCUT2D eigenvalue weighted by molar-refractivity contribution is 14.1. The van der Waals surface area contributed by atoms with Crippen molar-refractivity contribution in [2.75, 3.05) is 0 Å². The maximum atomic E-state index is 2.65. The van der Waals surface area contributed by atoms with Gasteiger partial charge in [-0.2, -0.15) is 0 Å². The van der Waals surface area contributed by atoms with Crippen molar-refractivity contribution in [3.05, 3.63) is 77.2 Å². The van der Waals surface area contributed by atoms with Crippen molar-refractivity contribution >= 4 is 72.5 Å². The van der Waals surface area contributed by atoms with Crippen molar-refractivity contribution in [1.29, 1.82) is 0 Å². The minimum Gasteiger partial charge on any atom is -0.0652 e. The second-order valence-electron chi connectivity index (χ2n) is 9.61. The van der Waals surface area contributed by atoms with Crippen LogP contribution in [0.15, 0.2) is 54.9 Å². The maximum absolute atomic E-state index is 2.65. The van der Waals surface area contributed by atoms with E-state index in [1.807, 2.05) is 0 Å². The van der Waals surface area contributed by atoms with Crippen LogP contribution in [0.25, 0.3) is 11.1 Å². The van der Waals surface area contributed by atoms with Crippen LogP contribution < -0.4 is 0 Å². The summed E-state index contributed by atoms with van der Waals surface area (Å²) in [7, 11) is -2.97. The summed E-state index contributed by atoms with van der Waals surface area (Å²) in [5, 5.41) is 0. The van der Waals surface area contributed by atoms with Crippen LogP contribution in [0.1, 0.15) is 22.3 Å². The lowest BCUT2D eigenvalue weighted by Gasteiger charge is -2.28. The molecule has 2 aromatic rings. The molecule has 0 atom stereocenters. The van der Waals surface area contributed by atoms with E-state index in [0.29, 0.717) is 0 Å². The van der Waals surface area contributed by atoms with Gasteiger partial charge in [0.1, 0.15) is 0 Å². The van der Waals surface area contributed by atoms with Gasteiger partial charge in [-0.05, 0) is 42.5 Å². The molecule has 0 aliphatic rings. The predicted molar refractivity (Wildman–Crippen MR) is 151 cm³/mol. The molecule has 4 heteroatoms. The molecular weight excluding hydrogens is 598 g/mol. The Morgan fingerprint density at radius 3 is 1.00 bits per heavy atom. The van der Waals surface area contributed by atoms with Crippen LogP contribution in [0.2, 0.25) is 39.3 Å². The molecule has 0 spiro atoms. The summed E-state index contributed by atoms with van der Waals surface area (Å²) in [5.41, 5.74) is 8.23. The topological polar surface area (TPSA) is 0 Å². The largest absolute Gasteiger partial charge is 0.0863 e. The number of hydrogen-bond donors (Lipinski definition) is 0. The van der Waals surface area contributed by atoms with E-state index in [1.165, 1.54) is 33.4 Å². The quantitative estimate of drug-likeness (QED) is 0.176. The minimum absolute atomic E-state index is 1.31. The second kappa shape index (κ2) is 9.31. The fraction of sp³-hybridized carbons (Fsp3) is 0.333. The monoisotopic (exact) mass is 630 g/mol. The first-order valence-electron chi connectivity index (χ1n) is 9.77. The molecule has 0 fully saturated rings. The third kappa shape index (κ3) is 5.92. The molecule has 2 rings (SSSR count). The smallest absolute Gasteiger partial charge is 0.0652 e. The lowest BCUT2D eigenvalue weighted by molar-refractivity contribution is 1.44. The summed E-state index contributed by atoms with van der Waals surface area (Å²) >= 11 is 5.30. The second-order valence-corrected chi connectivity index (χ2v) is 23.8. The summed E-state index contributed by atoms with van der Waals surface area (Å²) in [4.78, 5) is 0. The van der Waals surface area contributed by atoms with E-state index in [0.717, 1.165) is 0 Å². The summed E-state index contributed by atoms with van der Waals surface area (Å²) in [6.07, 6.45) is 0. The Balaban J connectivity index is 2.95. The molecule has 0 aliphatic carbocycles. The van der Waals surface area contributed by atoms with Gasteiger partial charge in [0.2, 0.25) is 0 Å². The van der Waals surface area contributed by atoms with E-state index >= 15 is 0 Å². The van der Waals surface area contributed by atoms with Crippen LogP contribution in [0.4, 0.5) is 0 Å². The van der Waals surface area contributed by atoms with Crippen molar-refractivity contribution in [3.8, 4) is 0 Å². The Labute approximate surface area is 201 Å². The molecule has 0 radical (unpaired) electrons. The van der Waals surface area contributed by atoms with E-state index in [4.69, 9.17) is 0 Å². The van der Waals surface area contributed by atoms with Gasteiger partial charge >= 0.3 is 0 Å². The molecule has 0 amide bonds. The first-order chi connectivity index (χ1) is 12.8. The van der Waals surface area contributed by atoms with Crippen molar-refractivity contribution in [2.24, 2.45) is 0 Å². The Hall–Kier alpha value is -0.186. The number of rotatable bonds is 5. The molecule has 0 aromatic heterocycles. The third-order valence-electron chi connectivity index (χ3n) is 4.69. The molecule has 150 valence electrons. The van der Waals surface area contributed by atoms with Crippen LogP contribution in [0.3, 0.4) is 0 Å². The zero-order valence-electron chi connectivity index (χ0n) is 18.4. The molecule has 0 nitrogen and oxygen atoms in total. The van der Waals surface area contributed by atoms with Crippen LogP contribution >= 0.6 is 45.2 Å². The molecule has 0 saturated heterocycles. The third-order valence-corrected chi connectivity index (χ3v) is 18.6. The zero-order chi connectivity index (χ0) is 21.3. The normalized spacial score (nSPS) is 14.5. The zero-order valence-corrected chi connectivity index (χ0v) is 24.7. The van der Waals surface area contributed by atoms with Crippen LogP contribution in [0, 0.1) is 13.8 Å². The summed E-state index contributed by atoms with van der Waals surface area (Å²) < 4.78 is 3.11. The molecule has 0 aliphatic heterocycles. The first kappa shape index (κ1) is 24.1. The fourth-order valence-electron chi connectivity index (χ4n) is 2.95. The number of aryl methyl sites for hydroxylation is 2. The molecule has 28 heavy (non-hydrogen) atoms. The number of halogens is 2. The number of allylic oxidation sites excluding steroid dienone is 2. The highest BCUT2D eigenvalue weighted by Crippen LogP contribution is 2.45. The van der Waals surface area contributed by atoms with E-state index in [2.05, 4.69) is 147 Å². The van der Waals surface area contributed by atoms with Gasteiger partial charge in [-0.15, -0.1) is 0 Å². The molecule has 0 unspecified atom stereocenters. The van der Waals surface area contributed by atoms with Gasteiger partial charge in [0.25, 0.3) is 0 Å². The van der Waals surface area contributed by atoms with Crippen LogP contribution in [-0.2, 0) is 0 Å².